The number of ether oxygens (including phenoxy) is 1. The first-order valence-corrected chi connectivity index (χ1v) is 6.19. The van der Waals surface area contributed by atoms with Gasteiger partial charge in [-0.15, -0.1) is 0 Å². The summed E-state index contributed by atoms with van der Waals surface area (Å²) in [7, 11) is 0. The maximum Gasteiger partial charge on any atom is 0.128 e. The lowest BCUT2D eigenvalue weighted by atomic mass is 9.98. The lowest BCUT2D eigenvalue weighted by Crippen LogP contribution is -2.30. The molecule has 0 aliphatic carbocycles. The summed E-state index contributed by atoms with van der Waals surface area (Å²) in [4.78, 5) is 4.14. The number of nitrogen functional groups attached to an aromatic ring is 1. The van der Waals surface area contributed by atoms with Crippen molar-refractivity contribution in [2.24, 2.45) is 5.73 Å². The van der Waals surface area contributed by atoms with Gasteiger partial charge in [0.05, 0.1) is 12.1 Å². The molecule has 0 aromatic carbocycles. The fourth-order valence-electron chi connectivity index (χ4n) is 1.93. The molecule has 0 spiro atoms. The predicted molar refractivity (Wildman–Crippen MR) is 70.6 cm³/mol. The molecule has 0 amide bonds. The second kappa shape index (κ2) is 6.57. The normalized spacial score (nSPS) is 14.6. The Kier molecular flexibility index (Phi) is 5.38. The molecule has 4 nitrogen and oxygen atoms in total. The van der Waals surface area contributed by atoms with Crippen molar-refractivity contribution in [3.05, 3.63) is 23.4 Å². The molecule has 1 heterocycles. The van der Waals surface area contributed by atoms with Crippen molar-refractivity contribution < 1.29 is 4.74 Å². The summed E-state index contributed by atoms with van der Waals surface area (Å²) in [5.41, 5.74) is 14.1. The van der Waals surface area contributed by atoms with Crippen LogP contribution in [0.5, 0.6) is 0 Å². The summed E-state index contributed by atoms with van der Waals surface area (Å²) in [6, 6.07) is 1.79. The first-order valence-electron chi connectivity index (χ1n) is 6.19. The molecular formula is C13H23N3O. The monoisotopic (exact) mass is 237 g/mol. The van der Waals surface area contributed by atoms with Crippen molar-refractivity contribution in [3.8, 4) is 0 Å². The fraction of sp³-hybridized carbons (Fsp3) is 0.615. The third-order valence-electron chi connectivity index (χ3n) is 2.80. The van der Waals surface area contributed by atoms with Crippen LogP contribution in [0.2, 0.25) is 0 Å². The average molecular weight is 237 g/mol. The fourth-order valence-corrected chi connectivity index (χ4v) is 1.93. The quantitative estimate of drug-likeness (QED) is 0.795. The number of hydrogen-bond acceptors (Lipinski definition) is 4. The zero-order chi connectivity index (χ0) is 12.8. The molecule has 1 rings (SSSR count). The molecular weight excluding hydrogens is 214 g/mol. The Morgan fingerprint density at radius 1 is 1.41 bits per heavy atom. The lowest BCUT2D eigenvalue weighted by molar-refractivity contribution is 0.0375. The van der Waals surface area contributed by atoms with E-state index in [0.29, 0.717) is 12.4 Å². The van der Waals surface area contributed by atoms with E-state index in [1.807, 2.05) is 19.9 Å². The van der Waals surface area contributed by atoms with Crippen LogP contribution in [0.15, 0.2) is 12.3 Å². The van der Waals surface area contributed by atoms with Gasteiger partial charge >= 0.3 is 0 Å². The summed E-state index contributed by atoms with van der Waals surface area (Å²) < 4.78 is 5.69. The van der Waals surface area contributed by atoms with Crippen LogP contribution < -0.4 is 11.5 Å². The SMILES string of the molecule is CCCC(OCC)C(N)c1cc(C)cnc1N. The molecule has 1 aromatic heterocycles. The van der Waals surface area contributed by atoms with Crippen molar-refractivity contribution in [1.82, 2.24) is 4.98 Å². The molecule has 0 fully saturated rings. The number of rotatable bonds is 6. The van der Waals surface area contributed by atoms with Gasteiger partial charge in [0, 0.05) is 18.4 Å². The number of nitrogens with two attached hydrogens (primary N) is 2. The second-order valence-electron chi connectivity index (χ2n) is 4.30. The van der Waals surface area contributed by atoms with E-state index in [0.717, 1.165) is 24.0 Å². The zero-order valence-corrected chi connectivity index (χ0v) is 10.9. The van der Waals surface area contributed by atoms with Gasteiger partial charge in [-0.1, -0.05) is 13.3 Å². The number of pyridine rings is 1. The molecule has 96 valence electrons. The minimum atomic E-state index is -0.206. The molecule has 1 aromatic rings. The highest BCUT2D eigenvalue weighted by Gasteiger charge is 2.21. The third-order valence-corrected chi connectivity index (χ3v) is 2.80. The van der Waals surface area contributed by atoms with Crippen LogP contribution in [0.4, 0.5) is 5.82 Å². The van der Waals surface area contributed by atoms with E-state index in [9.17, 15) is 0 Å². The Labute approximate surface area is 103 Å². The number of aryl methyl sites for hydroxylation is 1. The predicted octanol–water partition coefficient (Wildman–Crippen LogP) is 2.18. The van der Waals surface area contributed by atoms with Crippen LogP contribution in [0.1, 0.15) is 43.9 Å². The molecule has 0 radical (unpaired) electrons. The van der Waals surface area contributed by atoms with Gasteiger partial charge in [-0.3, -0.25) is 0 Å². The second-order valence-corrected chi connectivity index (χ2v) is 4.30. The molecule has 17 heavy (non-hydrogen) atoms. The molecule has 2 unspecified atom stereocenters. The van der Waals surface area contributed by atoms with Crippen molar-refractivity contribution in [2.45, 2.75) is 45.8 Å². The van der Waals surface area contributed by atoms with Gasteiger partial charge < -0.3 is 16.2 Å². The average Bonchev–Trinajstić information content (AvgIpc) is 2.31. The van der Waals surface area contributed by atoms with Gasteiger partial charge in [-0.25, -0.2) is 4.98 Å². The zero-order valence-electron chi connectivity index (χ0n) is 10.9. The van der Waals surface area contributed by atoms with Crippen LogP contribution in [-0.2, 0) is 4.74 Å². The van der Waals surface area contributed by atoms with Gasteiger partial charge in [-0.05, 0) is 31.9 Å². The first kappa shape index (κ1) is 13.9. The Morgan fingerprint density at radius 3 is 2.71 bits per heavy atom. The van der Waals surface area contributed by atoms with E-state index in [4.69, 9.17) is 16.2 Å². The molecule has 0 saturated heterocycles. The summed E-state index contributed by atoms with van der Waals surface area (Å²) in [6.07, 6.45) is 3.73. The number of hydrogen-bond donors (Lipinski definition) is 2. The van der Waals surface area contributed by atoms with Crippen LogP contribution in [-0.4, -0.2) is 17.7 Å². The highest BCUT2D eigenvalue weighted by molar-refractivity contribution is 5.43. The molecule has 0 bridgehead atoms. The van der Waals surface area contributed by atoms with Gasteiger partial charge in [-0.2, -0.15) is 0 Å². The number of aromatic nitrogens is 1. The summed E-state index contributed by atoms with van der Waals surface area (Å²) in [5, 5.41) is 0. The smallest absolute Gasteiger partial charge is 0.128 e. The van der Waals surface area contributed by atoms with E-state index in [-0.39, 0.29) is 12.1 Å². The van der Waals surface area contributed by atoms with Crippen LogP contribution in [0, 0.1) is 6.92 Å². The summed E-state index contributed by atoms with van der Waals surface area (Å²) >= 11 is 0. The molecule has 2 atom stereocenters. The highest BCUT2D eigenvalue weighted by Crippen LogP contribution is 2.24. The maximum atomic E-state index is 6.24. The van der Waals surface area contributed by atoms with Crippen molar-refractivity contribution in [2.75, 3.05) is 12.3 Å². The van der Waals surface area contributed by atoms with Gasteiger partial charge in [0.2, 0.25) is 0 Å². The van der Waals surface area contributed by atoms with E-state index < -0.39 is 0 Å². The lowest BCUT2D eigenvalue weighted by Gasteiger charge is -2.24. The number of anilines is 1. The molecule has 4 heteroatoms. The van der Waals surface area contributed by atoms with Gasteiger partial charge in [0.25, 0.3) is 0 Å². The topological polar surface area (TPSA) is 74.2 Å². The van der Waals surface area contributed by atoms with Gasteiger partial charge in [0.15, 0.2) is 0 Å². The highest BCUT2D eigenvalue weighted by atomic mass is 16.5. The Balaban J connectivity index is 2.91. The maximum absolute atomic E-state index is 6.24. The van der Waals surface area contributed by atoms with Gasteiger partial charge in [0.1, 0.15) is 5.82 Å². The van der Waals surface area contributed by atoms with Crippen LogP contribution in [0.25, 0.3) is 0 Å². The van der Waals surface area contributed by atoms with Crippen LogP contribution >= 0.6 is 0 Å². The molecule has 0 aliphatic heterocycles. The standard InChI is InChI=1S/C13H23N3O/c1-4-6-11(17-5-2)12(14)10-7-9(3)8-16-13(10)15/h7-8,11-12H,4-6,14H2,1-3H3,(H2,15,16). The van der Waals surface area contributed by atoms with Crippen molar-refractivity contribution >= 4 is 5.82 Å². The molecule has 4 N–H and O–H groups in total. The van der Waals surface area contributed by atoms with E-state index in [1.54, 1.807) is 6.20 Å². The Morgan fingerprint density at radius 2 is 2.12 bits per heavy atom. The Bertz CT molecular complexity index is 349. The van der Waals surface area contributed by atoms with E-state index in [1.165, 1.54) is 0 Å². The molecule has 0 aliphatic rings. The summed E-state index contributed by atoms with van der Waals surface area (Å²) in [5.74, 6) is 0.504. The van der Waals surface area contributed by atoms with Crippen molar-refractivity contribution in [1.29, 1.82) is 0 Å². The first-order chi connectivity index (χ1) is 8.10. The van der Waals surface area contributed by atoms with E-state index in [2.05, 4.69) is 11.9 Å². The largest absolute Gasteiger partial charge is 0.383 e. The Hall–Kier alpha value is -1.13. The minimum Gasteiger partial charge on any atom is -0.383 e. The third kappa shape index (κ3) is 3.68. The summed E-state index contributed by atoms with van der Waals surface area (Å²) in [6.45, 7) is 6.75. The van der Waals surface area contributed by atoms with Crippen LogP contribution in [0.3, 0.4) is 0 Å². The van der Waals surface area contributed by atoms with E-state index >= 15 is 0 Å². The molecule has 0 saturated carbocycles. The minimum absolute atomic E-state index is 0.0101. The van der Waals surface area contributed by atoms with Crippen molar-refractivity contribution in [3.63, 3.8) is 0 Å². The number of nitrogens with zero attached hydrogens (tertiary/aromatic N) is 1.